The van der Waals surface area contributed by atoms with Crippen LogP contribution in [0.25, 0.3) is 0 Å². The standard InChI is InChI=1S/C25H32N4O4/c1-18-5-6-19(2)21(15-18)26-9-11-27(12-10-26)24(30)17-28-13-14-29(25(28)31)20-7-8-22(32-3)23(16-20)33-4/h5-8,15-16H,9-14,17H2,1-4H3. The van der Waals surface area contributed by atoms with Crippen LogP contribution >= 0.6 is 0 Å². The lowest BCUT2D eigenvalue weighted by Gasteiger charge is -2.37. The molecule has 0 N–H and O–H groups in total. The molecule has 2 heterocycles. The summed E-state index contributed by atoms with van der Waals surface area (Å²) >= 11 is 0. The van der Waals surface area contributed by atoms with Crippen molar-refractivity contribution in [3.05, 3.63) is 47.5 Å². The van der Waals surface area contributed by atoms with E-state index in [9.17, 15) is 9.59 Å². The van der Waals surface area contributed by atoms with E-state index in [-0.39, 0.29) is 18.5 Å². The highest BCUT2D eigenvalue weighted by Gasteiger charge is 2.33. The predicted molar refractivity (Wildman–Crippen MR) is 129 cm³/mol. The van der Waals surface area contributed by atoms with Crippen molar-refractivity contribution in [3.8, 4) is 11.5 Å². The minimum Gasteiger partial charge on any atom is -0.493 e. The van der Waals surface area contributed by atoms with Gasteiger partial charge in [-0.2, -0.15) is 0 Å². The van der Waals surface area contributed by atoms with E-state index < -0.39 is 0 Å². The number of piperazine rings is 1. The van der Waals surface area contributed by atoms with Gasteiger partial charge in [0.15, 0.2) is 11.5 Å². The number of hydrogen-bond acceptors (Lipinski definition) is 5. The van der Waals surface area contributed by atoms with E-state index >= 15 is 0 Å². The molecule has 0 aliphatic carbocycles. The molecule has 8 nitrogen and oxygen atoms in total. The summed E-state index contributed by atoms with van der Waals surface area (Å²) in [5.41, 5.74) is 4.45. The average molecular weight is 453 g/mol. The third kappa shape index (κ3) is 4.69. The Kier molecular flexibility index (Phi) is 6.62. The number of nitrogens with zero attached hydrogens (tertiary/aromatic N) is 4. The van der Waals surface area contributed by atoms with Crippen molar-refractivity contribution >= 4 is 23.3 Å². The Bertz CT molecular complexity index is 1030. The van der Waals surface area contributed by atoms with Crippen molar-refractivity contribution in [2.45, 2.75) is 13.8 Å². The molecule has 0 bridgehead atoms. The molecule has 176 valence electrons. The molecule has 0 radical (unpaired) electrons. The molecule has 0 saturated carbocycles. The van der Waals surface area contributed by atoms with Gasteiger partial charge in [0.25, 0.3) is 0 Å². The van der Waals surface area contributed by atoms with Gasteiger partial charge in [0.2, 0.25) is 5.91 Å². The SMILES string of the molecule is COc1ccc(N2CCN(CC(=O)N3CCN(c4cc(C)ccc4C)CC3)C2=O)cc1OC. The second-order valence-electron chi connectivity index (χ2n) is 8.55. The van der Waals surface area contributed by atoms with Crippen LogP contribution in [0.5, 0.6) is 11.5 Å². The van der Waals surface area contributed by atoms with Crippen LogP contribution in [0.1, 0.15) is 11.1 Å². The highest BCUT2D eigenvalue weighted by Crippen LogP contribution is 2.33. The largest absolute Gasteiger partial charge is 0.493 e. The zero-order valence-electron chi connectivity index (χ0n) is 19.8. The van der Waals surface area contributed by atoms with Crippen LogP contribution in [0.4, 0.5) is 16.2 Å². The minimum atomic E-state index is -0.162. The lowest BCUT2D eigenvalue weighted by Crippen LogP contribution is -2.51. The van der Waals surface area contributed by atoms with E-state index in [0.717, 1.165) is 18.8 Å². The third-order valence-corrected chi connectivity index (χ3v) is 6.44. The molecule has 2 fully saturated rings. The summed E-state index contributed by atoms with van der Waals surface area (Å²) in [6, 6.07) is 11.7. The first kappa shape index (κ1) is 22.8. The Morgan fingerprint density at radius 3 is 2.30 bits per heavy atom. The fraction of sp³-hybridized carbons (Fsp3) is 0.440. The van der Waals surface area contributed by atoms with E-state index in [1.54, 1.807) is 36.2 Å². The van der Waals surface area contributed by atoms with Crippen molar-refractivity contribution in [1.82, 2.24) is 9.80 Å². The number of rotatable bonds is 6. The number of methoxy groups -OCH3 is 2. The van der Waals surface area contributed by atoms with Gasteiger partial charge in [0.1, 0.15) is 6.54 Å². The maximum absolute atomic E-state index is 13.0. The molecule has 2 aromatic rings. The summed E-state index contributed by atoms with van der Waals surface area (Å²) in [7, 11) is 3.15. The van der Waals surface area contributed by atoms with Crippen molar-refractivity contribution in [2.75, 3.05) is 69.8 Å². The summed E-state index contributed by atoms with van der Waals surface area (Å²) in [5, 5.41) is 0. The van der Waals surface area contributed by atoms with Gasteiger partial charge in [-0.15, -0.1) is 0 Å². The molecule has 2 aromatic carbocycles. The van der Waals surface area contributed by atoms with E-state index in [1.807, 2.05) is 11.0 Å². The van der Waals surface area contributed by atoms with Crippen molar-refractivity contribution in [1.29, 1.82) is 0 Å². The molecule has 2 aliphatic rings. The van der Waals surface area contributed by atoms with Gasteiger partial charge in [-0.3, -0.25) is 9.69 Å². The molecular formula is C25H32N4O4. The lowest BCUT2D eigenvalue weighted by atomic mass is 10.1. The molecule has 0 aromatic heterocycles. The third-order valence-electron chi connectivity index (χ3n) is 6.44. The molecule has 2 saturated heterocycles. The molecule has 0 atom stereocenters. The van der Waals surface area contributed by atoms with E-state index in [2.05, 4.69) is 36.9 Å². The second-order valence-corrected chi connectivity index (χ2v) is 8.55. The number of ether oxygens (including phenoxy) is 2. The number of carbonyl (C=O) groups is 2. The number of anilines is 2. The topological polar surface area (TPSA) is 65.6 Å². The normalized spacial score (nSPS) is 16.4. The smallest absolute Gasteiger partial charge is 0.325 e. The number of amides is 3. The van der Waals surface area contributed by atoms with Gasteiger partial charge in [0, 0.05) is 56.7 Å². The maximum atomic E-state index is 13.0. The fourth-order valence-corrected chi connectivity index (χ4v) is 4.48. The van der Waals surface area contributed by atoms with Crippen LogP contribution in [0.3, 0.4) is 0 Å². The number of benzene rings is 2. The predicted octanol–water partition coefficient (Wildman–Crippen LogP) is 2.91. The van der Waals surface area contributed by atoms with E-state index in [1.165, 1.54) is 16.8 Å². The monoisotopic (exact) mass is 452 g/mol. The quantitative estimate of drug-likeness (QED) is 0.674. The Labute approximate surface area is 195 Å². The Morgan fingerprint density at radius 1 is 0.879 bits per heavy atom. The van der Waals surface area contributed by atoms with Gasteiger partial charge in [-0.05, 0) is 43.2 Å². The number of urea groups is 1. The number of carbonyl (C=O) groups excluding carboxylic acids is 2. The number of aryl methyl sites for hydroxylation is 2. The fourth-order valence-electron chi connectivity index (χ4n) is 4.48. The van der Waals surface area contributed by atoms with Gasteiger partial charge >= 0.3 is 6.03 Å². The first-order chi connectivity index (χ1) is 15.9. The molecule has 0 unspecified atom stereocenters. The van der Waals surface area contributed by atoms with Gasteiger partial charge < -0.3 is 24.2 Å². The van der Waals surface area contributed by atoms with Gasteiger partial charge in [-0.1, -0.05) is 12.1 Å². The molecular weight excluding hydrogens is 420 g/mol. The molecule has 33 heavy (non-hydrogen) atoms. The molecule has 3 amide bonds. The van der Waals surface area contributed by atoms with Crippen LogP contribution in [-0.2, 0) is 4.79 Å². The molecule has 8 heteroatoms. The van der Waals surface area contributed by atoms with Crippen molar-refractivity contribution in [3.63, 3.8) is 0 Å². The summed E-state index contributed by atoms with van der Waals surface area (Å²) < 4.78 is 10.6. The van der Waals surface area contributed by atoms with Crippen LogP contribution in [-0.4, -0.2) is 81.8 Å². The minimum absolute atomic E-state index is 0.00174. The van der Waals surface area contributed by atoms with Crippen LogP contribution in [0.2, 0.25) is 0 Å². The number of hydrogen-bond donors (Lipinski definition) is 0. The van der Waals surface area contributed by atoms with E-state index in [4.69, 9.17) is 9.47 Å². The van der Waals surface area contributed by atoms with Gasteiger partial charge in [0.05, 0.1) is 14.2 Å². The summed E-state index contributed by atoms with van der Waals surface area (Å²) in [6.07, 6.45) is 0. The Hall–Kier alpha value is -3.42. The molecule has 2 aliphatic heterocycles. The van der Waals surface area contributed by atoms with Crippen molar-refractivity contribution in [2.24, 2.45) is 0 Å². The Morgan fingerprint density at radius 2 is 1.61 bits per heavy atom. The zero-order valence-corrected chi connectivity index (χ0v) is 19.8. The maximum Gasteiger partial charge on any atom is 0.325 e. The van der Waals surface area contributed by atoms with Crippen LogP contribution < -0.4 is 19.3 Å². The van der Waals surface area contributed by atoms with Gasteiger partial charge in [-0.25, -0.2) is 4.79 Å². The second kappa shape index (κ2) is 9.60. The molecule has 0 spiro atoms. The summed E-state index contributed by atoms with van der Waals surface area (Å²) in [6.45, 7) is 8.27. The summed E-state index contributed by atoms with van der Waals surface area (Å²) in [5.74, 6) is 1.18. The molecule has 4 rings (SSSR count). The van der Waals surface area contributed by atoms with Crippen LogP contribution in [0.15, 0.2) is 36.4 Å². The Balaban J connectivity index is 1.34. The zero-order chi connectivity index (χ0) is 23.5. The first-order valence-corrected chi connectivity index (χ1v) is 11.3. The summed E-state index contributed by atoms with van der Waals surface area (Å²) in [4.78, 5) is 33.4. The highest BCUT2D eigenvalue weighted by molar-refractivity contribution is 5.96. The average Bonchev–Trinajstić information content (AvgIpc) is 3.20. The van der Waals surface area contributed by atoms with Crippen LogP contribution in [0, 0.1) is 13.8 Å². The highest BCUT2D eigenvalue weighted by atomic mass is 16.5. The van der Waals surface area contributed by atoms with Crippen molar-refractivity contribution < 1.29 is 19.1 Å². The van der Waals surface area contributed by atoms with E-state index in [0.29, 0.717) is 37.7 Å². The lowest BCUT2D eigenvalue weighted by molar-refractivity contribution is -0.131. The first-order valence-electron chi connectivity index (χ1n) is 11.3.